The van der Waals surface area contributed by atoms with Gasteiger partial charge in [-0.05, 0) is 43.3 Å². The molecule has 1 aromatic heterocycles. The van der Waals surface area contributed by atoms with Crippen LogP contribution < -0.4 is 14.5 Å². The molecular weight excluding hydrogens is 436 g/mol. The number of aromatic nitrogens is 2. The zero-order valence-corrected chi connectivity index (χ0v) is 19.1. The van der Waals surface area contributed by atoms with Crippen LogP contribution in [0.3, 0.4) is 0 Å². The topological polar surface area (TPSA) is 106 Å². The van der Waals surface area contributed by atoms with E-state index in [2.05, 4.69) is 10.2 Å². The Labute approximate surface area is 196 Å². The van der Waals surface area contributed by atoms with Crippen molar-refractivity contribution >= 4 is 29.4 Å². The first kappa shape index (κ1) is 22.8. The van der Waals surface area contributed by atoms with Gasteiger partial charge in [0, 0.05) is 17.3 Å². The number of hydrogen-bond donors (Lipinski definition) is 1. The average Bonchev–Trinajstić information content (AvgIpc) is 3.38. The van der Waals surface area contributed by atoms with Crippen molar-refractivity contribution in [1.29, 1.82) is 0 Å². The molecule has 4 rings (SSSR count). The second-order valence-corrected chi connectivity index (χ2v) is 7.61. The van der Waals surface area contributed by atoms with Crippen LogP contribution in [0, 0.1) is 0 Å². The van der Waals surface area contributed by atoms with Crippen LogP contribution in [0.4, 0.5) is 5.69 Å². The van der Waals surface area contributed by atoms with E-state index in [-0.39, 0.29) is 18.9 Å². The minimum atomic E-state index is -0.921. The summed E-state index contributed by atoms with van der Waals surface area (Å²) < 4.78 is 12.3. The van der Waals surface area contributed by atoms with Crippen molar-refractivity contribution < 1.29 is 24.2 Å². The van der Waals surface area contributed by atoms with Crippen LogP contribution in [0.25, 0.3) is 17.3 Å². The molecule has 0 saturated carbocycles. The van der Waals surface area contributed by atoms with Gasteiger partial charge in [0.15, 0.2) is 11.5 Å². The van der Waals surface area contributed by atoms with E-state index in [4.69, 9.17) is 14.6 Å². The van der Waals surface area contributed by atoms with Crippen LogP contribution in [0.2, 0.25) is 0 Å². The standard InChI is InChI=1S/C25H24N4O5/c1-16-20(25(32)29(26-16)19-7-5-4-6-8-19)13-18-15-28(12-11-23(30)31)27-24(18)17-9-10-21(33-2)22(14-17)34-3/h4-10,13-15H,11-12H2,1-3H3,(H,30,31). The minimum Gasteiger partial charge on any atom is -0.493 e. The second-order valence-electron chi connectivity index (χ2n) is 7.61. The number of carbonyl (C=O) groups is 2. The highest BCUT2D eigenvalue weighted by atomic mass is 16.5. The van der Waals surface area contributed by atoms with Gasteiger partial charge in [0.1, 0.15) is 0 Å². The molecule has 0 spiro atoms. The fourth-order valence-electron chi connectivity index (χ4n) is 3.66. The lowest BCUT2D eigenvalue weighted by molar-refractivity contribution is -0.137. The normalized spacial score (nSPS) is 14.4. The maximum Gasteiger partial charge on any atom is 0.305 e. The highest BCUT2D eigenvalue weighted by Crippen LogP contribution is 2.34. The number of nitrogens with zero attached hydrogens (tertiary/aromatic N) is 4. The molecular formula is C25H24N4O5. The predicted octanol–water partition coefficient (Wildman–Crippen LogP) is 3.85. The molecule has 1 amide bonds. The summed E-state index contributed by atoms with van der Waals surface area (Å²) in [6, 6.07) is 14.6. The Morgan fingerprint density at radius 1 is 1.09 bits per heavy atom. The van der Waals surface area contributed by atoms with Crippen LogP contribution in [-0.2, 0) is 16.1 Å². The molecule has 0 saturated heterocycles. The Morgan fingerprint density at radius 3 is 2.50 bits per heavy atom. The third-order valence-electron chi connectivity index (χ3n) is 5.36. The fourth-order valence-corrected chi connectivity index (χ4v) is 3.66. The zero-order valence-electron chi connectivity index (χ0n) is 19.1. The average molecular weight is 460 g/mol. The Kier molecular flexibility index (Phi) is 6.44. The number of para-hydroxylation sites is 1. The number of hydrogen-bond acceptors (Lipinski definition) is 6. The third-order valence-corrected chi connectivity index (χ3v) is 5.36. The SMILES string of the molecule is COc1ccc(-c2nn(CCC(=O)O)cc2C=C2C(=O)N(c3ccccc3)N=C2C)cc1OC. The summed E-state index contributed by atoms with van der Waals surface area (Å²) in [5.41, 5.74) is 3.66. The largest absolute Gasteiger partial charge is 0.493 e. The van der Waals surface area contributed by atoms with Gasteiger partial charge in [-0.1, -0.05) is 18.2 Å². The summed E-state index contributed by atoms with van der Waals surface area (Å²) in [7, 11) is 3.10. The molecule has 2 aromatic carbocycles. The first-order valence-corrected chi connectivity index (χ1v) is 10.6. The lowest BCUT2D eigenvalue weighted by atomic mass is 10.0. The van der Waals surface area contributed by atoms with Gasteiger partial charge in [0.25, 0.3) is 5.91 Å². The number of anilines is 1. The quantitative estimate of drug-likeness (QED) is 0.512. The Hall–Kier alpha value is -4.40. The highest BCUT2D eigenvalue weighted by molar-refractivity contribution is 6.32. The molecule has 9 nitrogen and oxygen atoms in total. The van der Waals surface area contributed by atoms with E-state index in [1.807, 2.05) is 36.4 Å². The summed E-state index contributed by atoms with van der Waals surface area (Å²) in [6.07, 6.45) is 3.39. The molecule has 34 heavy (non-hydrogen) atoms. The maximum absolute atomic E-state index is 13.2. The van der Waals surface area contributed by atoms with Gasteiger partial charge in [-0.2, -0.15) is 15.2 Å². The lowest BCUT2D eigenvalue weighted by Gasteiger charge is -2.11. The highest BCUT2D eigenvalue weighted by Gasteiger charge is 2.29. The van der Waals surface area contributed by atoms with E-state index in [0.717, 1.165) is 5.56 Å². The zero-order chi connectivity index (χ0) is 24.2. The summed E-state index contributed by atoms with van der Waals surface area (Å²) in [5, 5.41) is 19.5. The van der Waals surface area contributed by atoms with E-state index in [9.17, 15) is 9.59 Å². The lowest BCUT2D eigenvalue weighted by Crippen LogP contribution is -2.21. The molecule has 9 heteroatoms. The van der Waals surface area contributed by atoms with E-state index in [1.54, 1.807) is 50.2 Å². The molecule has 3 aromatic rings. The number of ether oxygens (including phenoxy) is 2. The Balaban J connectivity index is 1.76. The van der Waals surface area contributed by atoms with E-state index in [0.29, 0.717) is 39.7 Å². The molecule has 0 aliphatic carbocycles. The summed E-state index contributed by atoms with van der Waals surface area (Å²) in [5.74, 6) is -0.0664. The van der Waals surface area contributed by atoms with Crippen LogP contribution in [0.5, 0.6) is 11.5 Å². The van der Waals surface area contributed by atoms with Gasteiger partial charge < -0.3 is 14.6 Å². The molecule has 174 valence electrons. The molecule has 0 unspecified atom stereocenters. The molecule has 1 aliphatic heterocycles. The molecule has 0 atom stereocenters. The van der Waals surface area contributed by atoms with Crippen molar-refractivity contribution in [2.24, 2.45) is 5.10 Å². The van der Waals surface area contributed by atoms with E-state index < -0.39 is 5.97 Å². The maximum atomic E-state index is 13.2. The van der Waals surface area contributed by atoms with Crippen molar-refractivity contribution in [2.75, 3.05) is 19.2 Å². The number of amides is 1. The number of hydrazone groups is 1. The smallest absolute Gasteiger partial charge is 0.305 e. The van der Waals surface area contributed by atoms with Crippen LogP contribution in [0.15, 0.2) is 65.4 Å². The summed E-state index contributed by atoms with van der Waals surface area (Å²) >= 11 is 0. The molecule has 0 radical (unpaired) electrons. The number of carboxylic acid groups (broad SMARTS) is 1. The van der Waals surface area contributed by atoms with Crippen molar-refractivity contribution in [3.05, 3.63) is 65.9 Å². The Morgan fingerprint density at radius 2 is 1.82 bits per heavy atom. The number of rotatable bonds is 8. The number of carbonyl (C=O) groups excluding carboxylic acids is 1. The molecule has 0 bridgehead atoms. The van der Waals surface area contributed by atoms with E-state index in [1.165, 1.54) is 5.01 Å². The van der Waals surface area contributed by atoms with Crippen molar-refractivity contribution in [3.8, 4) is 22.8 Å². The minimum absolute atomic E-state index is 0.0791. The van der Waals surface area contributed by atoms with Gasteiger partial charge in [-0.25, -0.2) is 0 Å². The molecule has 1 N–H and O–H groups in total. The first-order valence-electron chi connectivity index (χ1n) is 10.6. The number of aliphatic carboxylic acids is 1. The Bertz CT molecular complexity index is 1290. The number of benzene rings is 2. The number of methoxy groups -OCH3 is 2. The number of aryl methyl sites for hydroxylation is 1. The van der Waals surface area contributed by atoms with Gasteiger partial charge in [-0.3, -0.25) is 14.3 Å². The predicted molar refractivity (Wildman–Crippen MR) is 128 cm³/mol. The third kappa shape index (κ3) is 4.54. The molecule has 2 heterocycles. The van der Waals surface area contributed by atoms with Crippen molar-refractivity contribution in [2.45, 2.75) is 19.9 Å². The van der Waals surface area contributed by atoms with Crippen LogP contribution in [0.1, 0.15) is 18.9 Å². The van der Waals surface area contributed by atoms with Crippen LogP contribution in [-0.4, -0.2) is 46.7 Å². The van der Waals surface area contributed by atoms with Gasteiger partial charge in [-0.15, -0.1) is 0 Å². The van der Waals surface area contributed by atoms with Gasteiger partial charge in [0.2, 0.25) is 0 Å². The van der Waals surface area contributed by atoms with Gasteiger partial charge >= 0.3 is 5.97 Å². The second kappa shape index (κ2) is 9.62. The first-order chi connectivity index (χ1) is 16.4. The summed E-state index contributed by atoms with van der Waals surface area (Å²) in [4.78, 5) is 24.3. The molecule has 1 aliphatic rings. The van der Waals surface area contributed by atoms with Gasteiger partial charge in [0.05, 0.1) is 49.9 Å². The molecule has 0 fully saturated rings. The monoisotopic (exact) mass is 460 g/mol. The van der Waals surface area contributed by atoms with Crippen LogP contribution >= 0.6 is 0 Å². The number of carboxylic acids is 1. The van der Waals surface area contributed by atoms with E-state index >= 15 is 0 Å². The van der Waals surface area contributed by atoms with Crippen molar-refractivity contribution in [3.63, 3.8) is 0 Å². The summed E-state index contributed by atoms with van der Waals surface area (Å²) in [6.45, 7) is 1.97. The fraction of sp³-hybridized carbons (Fsp3) is 0.200. The van der Waals surface area contributed by atoms with Crippen molar-refractivity contribution in [1.82, 2.24) is 9.78 Å².